The maximum atomic E-state index is 13.3. The van der Waals surface area contributed by atoms with Crippen molar-refractivity contribution in [2.24, 2.45) is 5.92 Å². The summed E-state index contributed by atoms with van der Waals surface area (Å²) in [6.07, 6.45) is 6.90. The molecule has 3 aromatic rings. The molecule has 164 valence electrons. The molecular formula is C24H32N6O. The first-order chi connectivity index (χ1) is 15.0. The van der Waals surface area contributed by atoms with E-state index in [2.05, 4.69) is 64.4 Å². The molecule has 0 bridgehead atoms. The molecule has 0 radical (unpaired) electrons. The van der Waals surface area contributed by atoms with Crippen LogP contribution in [0.25, 0.3) is 10.9 Å². The Balaban J connectivity index is 1.65. The van der Waals surface area contributed by atoms with E-state index in [0.29, 0.717) is 12.0 Å². The highest BCUT2D eigenvalue weighted by Crippen LogP contribution is 2.35. The van der Waals surface area contributed by atoms with Gasteiger partial charge in [-0.3, -0.25) is 9.69 Å². The van der Waals surface area contributed by atoms with Gasteiger partial charge in [0.2, 0.25) is 0 Å². The molecular weight excluding hydrogens is 388 g/mol. The maximum Gasteiger partial charge on any atom is 0.253 e. The SMILES string of the molecule is Cc1cc2cc(C(c3nnnn3C3CCCC3)N3CCC(C)CC3)c(=O)[nH]c2cc1C. The Morgan fingerprint density at radius 2 is 1.74 bits per heavy atom. The first-order valence-corrected chi connectivity index (χ1v) is 11.7. The molecule has 31 heavy (non-hydrogen) atoms. The second-order valence-corrected chi connectivity index (χ2v) is 9.62. The number of hydrogen-bond acceptors (Lipinski definition) is 5. The molecule has 1 N–H and O–H groups in total. The van der Waals surface area contributed by atoms with Gasteiger partial charge in [0.25, 0.3) is 5.56 Å². The topological polar surface area (TPSA) is 79.7 Å². The third-order valence-corrected chi connectivity index (χ3v) is 7.40. The van der Waals surface area contributed by atoms with E-state index < -0.39 is 0 Å². The van der Waals surface area contributed by atoms with E-state index in [1.807, 2.05) is 4.68 Å². The monoisotopic (exact) mass is 420 g/mol. The summed E-state index contributed by atoms with van der Waals surface area (Å²) in [6.45, 7) is 8.41. The molecule has 7 nitrogen and oxygen atoms in total. The second-order valence-electron chi connectivity index (χ2n) is 9.62. The zero-order valence-corrected chi connectivity index (χ0v) is 18.8. The number of aromatic nitrogens is 5. The van der Waals surface area contributed by atoms with Crippen molar-refractivity contribution < 1.29 is 0 Å². The zero-order chi connectivity index (χ0) is 21.5. The number of piperidine rings is 1. The average Bonchev–Trinajstić information content (AvgIpc) is 3.43. The van der Waals surface area contributed by atoms with Crippen molar-refractivity contribution in [3.05, 3.63) is 51.1 Å². The molecule has 1 unspecified atom stereocenters. The molecule has 1 aromatic carbocycles. The first-order valence-electron chi connectivity index (χ1n) is 11.7. The van der Waals surface area contributed by atoms with Crippen molar-refractivity contribution in [1.82, 2.24) is 30.1 Å². The van der Waals surface area contributed by atoms with Crippen molar-refractivity contribution in [3.8, 4) is 0 Å². The molecule has 0 spiro atoms. The molecule has 2 aromatic heterocycles. The minimum absolute atomic E-state index is 0.0413. The van der Waals surface area contributed by atoms with E-state index in [9.17, 15) is 4.79 Å². The fourth-order valence-electron chi connectivity index (χ4n) is 5.27. The largest absolute Gasteiger partial charge is 0.322 e. The number of benzene rings is 1. The Hall–Kier alpha value is -2.54. The van der Waals surface area contributed by atoms with E-state index in [1.54, 1.807) is 0 Å². The third kappa shape index (κ3) is 3.80. The van der Waals surface area contributed by atoms with Crippen LogP contribution in [0.1, 0.15) is 80.0 Å². The zero-order valence-electron chi connectivity index (χ0n) is 18.8. The fourth-order valence-corrected chi connectivity index (χ4v) is 5.27. The average molecular weight is 421 g/mol. The highest BCUT2D eigenvalue weighted by atomic mass is 16.1. The highest BCUT2D eigenvalue weighted by molar-refractivity contribution is 5.81. The highest BCUT2D eigenvalue weighted by Gasteiger charge is 2.34. The summed E-state index contributed by atoms with van der Waals surface area (Å²) in [4.78, 5) is 18.9. The van der Waals surface area contributed by atoms with Gasteiger partial charge in [-0.25, -0.2) is 4.68 Å². The van der Waals surface area contributed by atoms with Gasteiger partial charge in [-0.15, -0.1) is 5.10 Å². The van der Waals surface area contributed by atoms with E-state index in [0.717, 1.165) is 61.1 Å². The van der Waals surface area contributed by atoms with Crippen LogP contribution < -0.4 is 5.56 Å². The Morgan fingerprint density at radius 1 is 1.03 bits per heavy atom. The van der Waals surface area contributed by atoms with Gasteiger partial charge in [0, 0.05) is 11.1 Å². The van der Waals surface area contributed by atoms with Crippen molar-refractivity contribution in [1.29, 1.82) is 0 Å². The number of likely N-dealkylation sites (tertiary alicyclic amines) is 1. The number of aryl methyl sites for hydroxylation is 2. The van der Waals surface area contributed by atoms with Crippen molar-refractivity contribution in [3.63, 3.8) is 0 Å². The van der Waals surface area contributed by atoms with E-state index in [4.69, 9.17) is 0 Å². The lowest BCUT2D eigenvalue weighted by atomic mass is 9.95. The number of aromatic amines is 1. The normalized spacial score (nSPS) is 20.0. The summed E-state index contributed by atoms with van der Waals surface area (Å²) in [5.41, 5.74) is 4.00. The fraction of sp³-hybridized carbons (Fsp3) is 0.583. The molecule has 1 atom stereocenters. The number of tetrazole rings is 1. The van der Waals surface area contributed by atoms with E-state index in [1.165, 1.54) is 24.0 Å². The van der Waals surface area contributed by atoms with E-state index >= 15 is 0 Å². The molecule has 5 rings (SSSR count). The van der Waals surface area contributed by atoms with Crippen LogP contribution >= 0.6 is 0 Å². The summed E-state index contributed by atoms with van der Waals surface area (Å²) in [5, 5.41) is 14.0. The minimum Gasteiger partial charge on any atom is -0.322 e. The van der Waals surface area contributed by atoms with Gasteiger partial charge in [0.05, 0.1) is 6.04 Å². The van der Waals surface area contributed by atoms with Crippen LogP contribution in [0.5, 0.6) is 0 Å². The standard InChI is InChI=1S/C24H32N6O/c1-15-8-10-29(11-9-15)22(23-26-27-28-30(23)19-6-4-5-7-19)20-14-18-12-16(2)17(3)13-21(18)25-24(20)31/h12-15,19,22H,4-11H2,1-3H3,(H,25,31). The van der Waals surface area contributed by atoms with Gasteiger partial charge in [0.15, 0.2) is 5.82 Å². The van der Waals surface area contributed by atoms with Crippen LogP contribution in [-0.4, -0.2) is 43.2 Å². The van der Waals surface area contributed by atoms with Crippen LogP contribution in [0.4, 0.5) is 0 Å². The summed E-state index contributed by atoms with van der Waals surface area (Å²) >= 11 is 0. The Morgan fingerprint density at radius 3 is 2.48 bits per heavy atom. The van der Waals surface area contributed by atoms with Gasteiger partial charge >= 0.3 is 0 Å². The van der Waals surface area contributed by atoms with Crippen LogP contribution in [-0.2, 0) is 0 Å². The number of nitrogens with zero attached hydrogens (tertiary/aromatic N) is 5. The number of hydrogen-bond donors (Lipinski definition) is 1. The number of nitrogens with one attached hydrogen (secondary N) is 1. The number of rotatable bonds is 4. The predicted octanol–water partition coefficient (Wildman–Crippen LogP) is 4.07. The molecule has 2 fully saturated rings. The first kappa shape index (κ1) is 20.4. The molecule has 1 saturated carbocycles. The summed E-state index contributed by atoms with van der Waals surface area (Å²) in [6, 6.07) is 6.41. The quantitative estimate of drug-likeness (QED) is 0.688. The van der Waals surface area contributed by atoms with Gasteiger partial charge < -0.3 is 4.98 Å². The number of pyridine rings is 1. The number of fused-ring (bicyclic) bond motifs is 1. The Bertz CT molecular complexity index is 1130. The molecule has 0 amide bonds. The molecule has 1 saturated heterocycles. The van der Waals surface area contributed by atoms with Crippen molar-refractivity contribution >= 4 is 10.9 Å². The van der Waals surface area contributed by atoms with Crippen LogP contribution in [0.3, 0.4) is 0 Å². The Labute approximate surface area is 182 Å². The van der Waals surface area contributed by atoms with Gasteiger partial charge in [-0.2, -0.15) is 0 Å². The maximum absolute atomic E-state index is 13.3. The third-order valence-electron chi connectivity index (χ3n) is 7.40. The molecule has 1 aliphatic heterocycles. The second kappa shape index (κ2) is 8.19. The predicted molar refractivity (Wildman–Crippen MR) is 121 cm³/mol. The minimum atomic E-state index is -0.224. The smallest absolute Gasteiger partial charge is 0.253 e. The molecule has 7 heteroatoms. The van der Waals surface area contributed by atoms with Crippen LogP contribution in [0, 0.1) is 19.8 Å². The lowest BCUT2D eigenvalue weighted by molar-refractivity contribution is 0.147. The lowest BCUT2D eigenvalue weighted by Crippen LogP contribution is -2.40. The summed E-state index contributed by atoms with van der Waals surface area (Å²) < 4.78 is 2.01. The van der Waals surface area contributed by atoms with Crippen LogP contribution in [0.2, 0.25) is 0 Å². The molecule has 1 aliphatic carbocycles. The number of H-pyrrole nitrogens is 1. The molecule has 2 aliphatic rings. The van der Waals surface area contributed by atoms with Gasteiger partial charge in [-0.05, 0) is 104 Å². The van der Waals surface area contributed by atoms with Gasteiger partial charge in [-0.1, -0.05) is 19.8 Å². The van der Waals surface area contributed by atoms with Crippen molar-refractivity contribution in [2.45, 2.75) is 71.4 Å². The summed E-state index contributed by atoms with van der Waals surface area (Å²) in [7, 11) is 0. The Kier molecular flexibility index (Phi) is 5.38. The summed E-state index contributed by atoms with van der Waals surface area (Å²) in [5.74, 6) is 1.53. The van der Waals surface area contributed by atoms with E-state index in [-0.39, 0.29) is 11.6 Å². The molecule has 3 heterocycles. The van der Waals surface area contributed by atoms with Crippen LogP contribution in [0.15, 0.2) is 23.0 Å². The lowest BCUT2D eigenvalue weighted by Gasteiger charge is -2.36. The van der Waals surface area contributed by atoms with Gasteiger partial charge in [0.1, 0.15) is 6.04 Å². The van der Waals surface area contributed by atoms with Crippen molar-refractivity contribution in [2.75, 3.05) is 13.1 Å².